The number of rotatable bonds is 43. The molecule has 11 nitrogen and oxygen atoms in total. The summed E-state index contributed by atoms with van der Waals surface area (Å²) in [6.45, 7) is 2.81. The quantitative estimate of drug-likeness (QED) is 0.0231. The second kappa shape index (κ2) is 40.0. The highest BCUT2D eigenvalue weighted by Crippen LogP contribution is 2.43. The number of nitrogens with two attached hydrogens (primary N) is 1. The normalized spacial score (nSPS) is 13.8. The van der Waals surface area contributed by atoms with Gasteiger partial charge in [-0.1, -0.05) is 180 Å². The molecule has 0 aliphatic heterocycles. The van der Waals surface area contributed by atoms with Crippen LogP contribution >= 0.6 is 7.82 Å². The molecule has 0 aromatic carbocycles. The van der Waals surface area contributed by atoms with Gasteiger partial charge < -0.3 is 25.2 Å². The van der Waals surface area contributed by atoms with E-state index in [-0.39, 0.29) is 19.4 Å². The van der Waals surface area contributed by atoms with Crippen LogP contribution in [0.5, 0.6) is 0 Å². The van der Waals surface area contributed by atoms with Gasteiger partial charge in [-0.25, -0.2) is 4.57 Å². The molecule has 0 rings (SSSR count). The number of hydrogen-bond acceptors (Lipinski definition) is 9. The number of hydrogen-bond donors (Lipinski definition) is 3. The zero-order valence-corrected chi connectivity index (χ0v) is 36.6. The Balaban J connectivity index is 4.30. The fourth-order valence-corrected chi connectivity index (χ4v) is 7.19. The molecule has 0 saturated heterocycles. The first-order valence-corrected chi connectivity index (χ1v) is 24.2. The molecular weight excluding hydrogens is 733 g/mol. The lowest BCUT2D eigenvalue weighted by molar-refractivity contribution is -0.161. The summed E-state index contributed by atoms with van der Waals surface area (Å²) in [5.41, 5.74) is 5.34. The summed E-state index contributed by atoms with van der Waals surface area (Å²) in [6, 6.07) is -1.52. The van der Waals surface area contributed by atoms with E-state index in [0.29, 0.717) is 12.8 Å². The number of phosphoric ester groups is 1. The number of ether oxygens (including phenoxy) is 2. The fourth-order valence-electron chi connectivity index (χ4n) is 6.41. The van der Waals surface area contributed by atoms with Crippen molar-refractivity contribution in [2.75, 3.05) is 19.8 Å². The maximum atomic E-state index is 12.6. The number of phosphoric acid groups is 1. The number of allylic oxidation sites excluding steroid dienone is 2. The lowest BCUT2D eigenvalue weighted by Gasteiger charge is -2.20. The summed E-state index contributed by atoms with van der Waals surface area (Å²) >= 11 is 0. The van der Waals surface area contributed by atoms with Crippen molar-refractivity contribution in [2.45, 2.75) is 231 Å². The topological polar surface area (TPSA) is 172 Å². The van der Waals surface area contributed by atoms with Gasteiger partial charge in [0.25, 0.3) is 0 Å². The average molecular weight is 818 g/mol. The van der Waals surface area contributed by atoms with Gasteiger partial charge in [0.2, 0.25) is 0 Å². The third-order valence-corrected chi connectivity index (χ3v) is 11.0. The first-order chi connectivity index (χ1) is 27.1. The molecule has 0 spiro atoms. The Morgan fingerprint density at radius 1 is 0.536 bits per heavy atom. The third-order valence-electron chi connectivity index (χ3n) is 10.0. The molecule has 3 atom stereocenters. The molecule has 0 aromatic heterocycles. The molecule has 12 heteroatoms. The van der Waals surface area contributed by atoms with Gasteiger partial charge in [-0.3, -0.25) is 23.4 Å². The molecule has 0 heterocycles. The molecule has 4 N–H and O–H groups in total. The van der Waals surface area contributed by atoms with Gasteiger partial charge in [-0.2, -0.15) is 0 Å². The van der Waals surface area contributed by atoms with E-state index in [2.05, 4.69) is 30.5 Å². The Labute approximate surface area is 341 Å². The minimum atomic E-state index is -4.71. The monoisotopic (exact) mass is 818 g/mol. The zero-order chi connectivity index (χ0) is 41.4. The van der Waals surface area contributed by atoms with Crippen molar-refractivity contribution in [2.24, 2.45) is 5.73 Å². The first kappa shape index (κ1) is 54.2. The number of carbonyl (C=O) groups excluding carboxylic acids is 2. The van der Waals surface area contributed by atoms with Crippen LogP contribution in [-0.4, -0.2) is 59.9 Å². The summed E-state index contributed by atoms with van der Waals surface area (Å²) in [4.78, 5) is 46.0. The van der Waals surface area contributed by atoms with Crippen molar-refractivity contribution in [1.82, 2.24) is 0 Å². The first-order valence-electron chi connectivity index (χ1n) is 22.7. The minimum absolute atomic E-state index is 0.160. The van der Waals surface area contributed by atoms with Gasteiger partial charge >= 0.3 is 25.7 Å². The van der Waals surface area contributed by atoms with Crippen molar-refractivity contribution in [3.05, 3.63) is 12.2 Å². The molecule has 0 saturated carbocycles. The fraction of sp³-hybridized carbons (Fsp3) is 0.886. The summed E-state index contributed by atoms with van der Waals surface area (Å²) in [5.74, 6) is -2.37. The molecule has 0 amide bonds. The van der Waals surface area contributed by atoms with Crippen molar-refractivity contribution in [3.8, 4) is 0 Å². The number of carboxylic acid groups (broad SMARTS) is 1. The van der Waals surface area contributed by atoms with Crippen molar-refractivity contribution < 1.29 is 47.5 Å². The number of carbonyl (C=O) groups is 3. The lowest BCUT2D eigenvalue weighted by atomic mass is 10.0. The standard InChI is InChI=1S/C44H84NO10P/c1-3-5-7-9-11-13-15-17-19-20-22-23-25-27-29-31-33-35-42(46)52-37-40(38-53-56(50,51)54-39-41(45)44(48)49)55-43(47)36-34-32-30-28-26-24-21-18-16-14-12-10-8-6-4-2/h14,16,40-41H,3-13,15,17-39,45H2,1-2H3,(H,48,49)(H,50,51)/b16-14-/t40-,41+/m1/s1. The highest BCUT2D eigenvalue weighted by Gasteiger charge is 2.28. The Morgan fingerprint density at radius 3 is 1.32 bits per heavy atom. The second-order valence-electron chi connectivity index (χ2n) is 15.5. The van der Waals surface area contributed by atoms with E-state index in [1.54, 1.807) is 0 Å². The maximum Gasteiger partial charge on any atom is 0.472 e. The van der Waals surface area contributed by atoms with Crippen LogP contribution in [0.2, 0.25) is 0 Å². The summed E-state index contributed by atoms with van der Waals surface area (Å²) < 4.78 is 32.7. The molecule has 0 aliphatic carbocycles. The van der Waals surface area contributed by atoms with Crippen LogP contribution < -0.4 is 5.73 Å². The SMILES string of the molecule is CCCCCC/C=C\CCCCCCCCCC(=O)O[C@H](COC(=O)CCCCCCCCCCCCCCCCCCC)COP(=O)(O)OC[C@H](N)C(=O)O. The van der Waals surface area contributed by atoms with Gasteiger partial charge in [0.15, 0.2) is 6.10 Å². The predicted molar refractivity (Wildman–Crippen MR) is 226 cm³/mol. The Kier molecular flexibility index (Phi) is 38.7. The van der Waals surface area contributed by atoms with E-state index < -0.39 is 51.1 Å². The maximum absolute atomic E-state index is 12.6. The summed E-state index contributed by atoms with van der Waals surface area (Å²) in [7, 11) is -4.71. The van der Waals surface area contributed by atoms with Crippen molar-refractivity contribution in [3.63, 3.8) is 0 Å². The molecule has 330 valence electrons. The summed E-state index contributed by atoms with van der Waals surface area (Å²) in [5, 5.41) is 8.89. The van der Waals surface area contributed by atoms with E-state index in [0.717, 1.165) is 44.9 Å². The lowest BCUT2D eigenvalue weighted by Crippen LogP contribution is -2.34. The molecule has 0 aromatic rings. The highest BCUT2D eigenvalue weighted by molar-refractivity contribution is 7.47. The van der Waals surface area contributed by atoms with E-state index >= 15 is 0 Å². The van der Waals surface area contributed by atoms with E-state index in [4.69, 9.17) is 24.8 Å². The van der Waals surface area contributed by atoms with E-state index in [1.807, 2.05) is 0 Å². The van der Waals surface area contributed by atoms with E-state index in [9.17, 15) is 23.8 Å². The third kappa shape index (κ3) is 39.1. The van der Waals surface area contributed by atoms with Crippen molar-refractivity contribution in [1.29, 1.82) is 0 Å². The molecule has 56 heavy (non-hydrogen) atoms. The molecule has 0 aliphatic rings. The average Bonchev–Trinajstić information content (AvgIpc) is 3.17. The number of esters is 2. The van der Waals surface area contributed by atoms with Crippen LogP contribution in [0.25, 0.3) is 0 Å². The van der Waals surface area contributed by atoms with Crippen LogP contribution in [0.15, 0.2) is 12.2 Å². The summed E-state index contributed by atoms with van der Waals surface area (Å²) in [6.07, 6.45) is 39.8. The molecule has 1 unspecified atom stereocenters. The molecular formula is C44H84NO10P. The molecule has 0 bridgehead atoms. The van der Waals surface area contributed by atoms with Gasteiger partial charge in [0.1, 0.15) is 12.6 Å². The zero-order valence-electron chi connectivity index (χ0n) is 35.7. The number of unbranched alkanes of at least 4 members (excludes halogenated alkanes) is 27. The number of aliphatic carboxylic acids is 1. The van der Waals surface area contributed by atoms with Gasteiger partial charge in [0.05, 0.1) is 13.2 Å². The minimum Gasteiger partial charge on any atom is -0.480 e. The van der Waals surface area contributed by atoms with E-state index in [1.165, 1.54) is 135 Å². The van der Waals surface area contributed by atoms with Crippen molar-refractivity contribution >= 4 is 25.7 Å². The highest BCUT2D eigenvalue weighted by atomic mass is 31.2. The Bertz CT molecular complexity index is 1010. The van der Waals surface area contributed by atoms with Crippen LogP contribution in [0.1, 0.15) is 219 Å². The van der Waals surface area contributed by atoms with Gasteiger partial charge in [-0.05, 0) is 38.5 Å². The Morgan fingerprint density at radius 2 is 0.893 bits per heavy atom. The largest absolute Gasteiger partial charge is 0.480 e. The van der Waals surface area contributed by atoms with Gasteiger partial charge in [0, 0.05) is 12.8 Å². The van der Waals surface area contributed by atoms with Crippen LogP contribution in [-0.2, 0) is 37.5 Å². The smallest absolute Gasteiger partial charge is 0.472 e. The molecule has 0 fully saturated rings. The second-order valence-corrected chi connectivity index (χ2v) is 17.0. The number of carboxylic acids is 1. The predicted octanol–water partition coefficient (Wildman–Crippen LogP) is 12.1. The molecule has 0 radical (unpaired) electrons. The van der Waals surface area contributed by atoms with Crippen LogP contribution in [0, 0.1) is 0 Å². The Hall–Kier alpha value is -1.78. The van der Waals surface area contributed by atoms with Gasteiger partial charge in [-0.15, -0.1) is 0 Å². The van der Waals surface area contributed by atoms with Crippen LogP contribution in [0.4, 0.5) is 0 Å². The van der Waals surface area contributed by atoms with Crippen LogP contribution in [0.3, 0.4) is 0 Å².